The molecule has 2 atom stereocenters. The number of pyridine rings is 1. The molecule has 2 rings (SSSR count). The van der Waals surface area contributed by atoms with E-state index in [1.165, 1.54) is 6.07 Å². The number of hydrogen-bond donors (Lipinski definition) is 1. The second kappa shape index (κ2) is 6.85. The summed E-state index contributed by atoms with van der Waals surface area (Å²) in [5.74, 6) is 0.193. The van der Waals surface area contributed by atoms with Crippen molar-refractivity contribution in [2.24, 2.45) is 0 Å². The Morgan fingerprint density at radius 1 is 1.29 bits per heavy atom. The van der Waals surface area contributed by atoms with Crippen LogP contribution in [0.1, 0.15) is 44.4 Å². The van der Waals surface area contributed by atoms with E-state index in [2.05, 4.69) is 19.1 Å². The predicted molar refractivity (Wildman–Crippen MR) is 87.6 cm³/mol. The Hall–Kier alpha value is -1.39. The molecule has 10 heteroatoms. The van der Waals surface area contributed by atoms with Crippen LogP contribution in [0.25, 0.3) is 11.4 Å². The molecule has 1 N–H and O–H groups in total. The molecule has 0 spiro atoms. The van der Waals surface area contributed by atoms with Crippen molar-refractivity contribution in [3.63, 3.8) is 0 Å². The summed E-state index contributed by atoms with van der Waals surface area (Å²) in [6.45, 7) is 7.29. The Morgan fingerprint density at radius 2 is 1.96 bits per heavy atom. The minimum atomic E-state index is -4.52. The van der Waals surface area contributed by atoms with Gasteiger partial charge in [0, 0.05) is 11.8 Å². The Balaban J connectivity index is 2.21. The molecule has 0 aromatic carbocycles. The van der Waals surface area contributed by atoms with Crippen LogP contribution in [-0.2, 0) is 17.2 Å². The summed E-state index contributed by atoms with van der Waals surface area (Å²) in [4.78, 5) is 7.57. The lowest BCUT2D eigenvalue weighted by Crippen LogP contribution is -2.34. The van der Waals surface area contributed by atoms with E-state index in [-0.39, 0.29) is 17.4 Å². The number of hydrogen-bond acceptors (Lipinski definition) is 5. The number of aromatic nitrogens is 3. The van der Waals surface area contributed by atoms with Crippen molar-refractivity contribution >= 4 is 22.5 Å². The Morgan fingerprint density at radius 3 is 2.54 bits per heavy atom. The highest BCUT2D eigenvalue weighted by molar-refractivity contribution is 7.84. The zero-order valence-electron chi connectivity index (χ0n) is 13.5. The molecule has 0 bridgehead atoms. The first kappa shape index (κ1) is 18.9. The van der Waals surface area contributed by atoms with Crippen LogP contribution in [0.3, 0.4) is 0 Å². The fourth-order valence-corrected chi connectivity index (χ4v) is 3.17. The summed E-state index contributed by atoms with van der Waals surface area (Å²) in [7, 11) is -1.29. The highest BCUT2D eigenvalue weighted by atomic mass is 32.2. The van der Waals surface area contributed by atoms with E-state index in [1.807, 2.05) is 20.8 Å². The molecule has 0 radical (unpaired) electrons. The molecule has 0 unspecified atom stereocenters. The van der Waals surface area contributed by atoms with E-state index in [0.717, 1.165) is 23.8 Å². The SMILES string of the molecule is C[C@@H](N[S@@](=O)C(C)(C)C)c1nc(-c2ccnc(C(F)(F)F)c2)ns1. The monoisotopic (exact) mass is 378 g/mol. The van der Waals surface area contributed by atoms with Crippen LogP contribution in [0.2, 0.25) is 0 Å². The van der Waals surface area contributed by atoms with Crippen LogP contribution in [0, 0.1) is 0 Å². The topological polar surface area (TPSA) is 67.8 Å². The number of nitrogens with one attached hydrogen (secondary N) is 1. The van der Waals surface area contributed by atoms with Gasteiger partial charge in [-0.2, -0.15) is 17.5 Å². The average Bonchev–Trinajstić information content (AvgIpc) is 2.95. The van der Waals surface area contributed by atoms with Gasteiger partial charge in [0.2, 0.25) is 0 Å². The van der Waals surface area contributed by atoms with E-state index in [9.17, 15) is 17.4 Å². The van der Waals surface area contributed by atoms with Crippen molar-refractivity contribution in [3.05, 3.63) is 29.0 Å². The summed E-state index contributed by atoms with van der Waals surface area (Å²) in [5, 5.41) is 0.549. The van der Waals surface area contributed by atoms with E-state index in [0.29, 0.717) is 5.01 Å². The van der Waals surface area contributed by atoms with Crippen molar-refractivity contribution in [1.29, 1.82) is 0 Å². The summed E-state index contributed by atoms with van der Waals surface area (Å²) in [6.07, 6.45) is -3.44. The first-order chi connectivity index (χ1) is 11.0. The quantitative estimate of drug-likeness (QED) is 0.880. The molecule has 5 nitrogen and oxygen atoms in total. The van der Waals surface area contributed by atoms with Crippen LogP contribution >= 0.6 is 11.5 Å². The molecule has 2 heterocycles. The second-order valence-electron chi connectivity index (χ2n) is 6.10. The van der Waals surface area contributed by atoms with E-state index >= 15 is 0 Å². The molecule has 0 saturated heterocycles. The van der Waals surface area contributed by atoms with Gasteiger partial charge in [0.25, 0.3) is 0 Å². The van der Waals surface area contributed by atoms with Gasteiger partial charge in [0.15, 0.2) is 5.82 Å². The molecule has 0 aliphatic rings. The number of rotatable bonds is 4. The third-order valence-electron chi connectivity index (χ3n) is 2.96. The fourth-order valence-electron chi connectivity index (χ4n) is 1.64. The number of alkyl halides is 3. The van der Waals surface area contributed by atoms with Crippen molar-refractivity contribution in [1.82, 2.24) is 19.1 Å². The highest BCUT2D eigenvalue weighted by Gasteiger charge is 2.33. The van der Waals surface area contributed by atoms with E-state index < -0.39 is 27.6 Å². The molecule has 132 valence electrons. The first-order valence-corrected chi connectivity index (χ1v) is 8.96. The van der Waals surface area contributed by atoms with Gasteiger partial charge in [-0.25, -0.2) is 13.9 Å². The number of halogens is 3. The van der Waals surface area contributed by atoms with Gasteiger partial charge in [0.1, 0.15) is 10.7 Å². The van der Waals surface area contributed by atoms with Gasteiger partial charge >= 0.3 is 6.18 Å². The Bertz CT molecular complexity index is 740. The Labute approximate surface area is 144 Å². The van der Waals surface area contributed by atoms with Crippen LogP contribution in [0.5, 0.6) is 0 Å². The third-order valence-corrected chi connectivity index (χ3v) is 5.54. The van der Waals surface area contributed by atoms with Crippen LogP contribution in [0.4, 0.5) is 13.2 Å². The molecule has 2 aromatic heterocycles. The van der Waals surface area contributed by atoms with Gasteiger partial charge in [-0.05, 0) is 51.4 Å². The largest absolute Gasteiger partial charge is 0.433 e. The molecule has 0 aliphatic carbocycles. The first-order valence-electron chi connectivity index (χ1n) is 7.04. The summed E-state index contributed by atoms with van der Waals surface area (Å²) in [5.41, 5.74) is -0.750. The third kappa shape index (κ3) is 4.58. The summed E-state index contributed by atoms with van der Waals surface area (Å²) >= 11 is 1.06. The standard InChI is InChI=1S/C14H17F3N4OS2/c1-8(21-24(22)13(2,3)4)12-19-11(20-23-12)9-5-6-18-10(7-9)14(15,16)17/h5-8,21H,1-4H3/t8-,24+/m1/s1. The fraction of sp³-hybridized carbons (Fsp3) is 0.500. The summed E-state index contributed by atoms with van der Waals surface area (Å²) in [6, 6.07) is 2.00. The lowest BCUT2D eigenvalue weighted by molar-refractivity contribution is -0.141. The van der Waals surface area contributed by atoms with Crippen LogP contribution in [-0.4, -0.2) is 23.3 Å². The van der Waals surface area contributed by atoms with Gasteiger partial charge in [-0.1, -0.05) is 0 Å². The average molecular weight is 378 g/mol. The zero-order valence-corrected chi connectivity index (χ0v) is 15.1. The minimum Gasteiger partial charge on any atom is -0.252 e. The number of nitrogens with zero attached hydrogens (tertiary/aromatic N) is 3. The van der Waals surface area contributed by atoms with Gasteiger partial charge < -0.3 is 0 Å². The smallest absolute Gasteiger partial charge is 0.252 e. The van der Waals surface area contributed by atoms with E-state index in [1.54, 1.807) is 6.92 Å². The molecule has 2 aromatic rings. The van der Waals surface area contributed by atoms with Crippen molar-refractivity contribution in [3.8, 4) is 11.4 Å². The van der Waals surface area contributed by atoms with Crippen molar-refractivity contribution in [2.45, 2.75) is 44.7 Å². The Kier molecular flexibility index (Phi) is 5.41. The normalized spacial score (nSPS) is 15.3. The minimum absolute atomic E-state index is 0.193. The molecule has 0 aliphatic heterocycles. The van der Waals surface area contributed by atoms with Crippen molar-refractivity contribution < 1.29 is 17.4 Å². The molecule has 0 saturated carbocycles. The maximum absolute atomic E-state index is 12.7. The highest BCUT2D eigenvalue weighted by Crippen LogP contribution is 2.30. The van der Waals surface area contributed by atoms with Crippen LogP contribution < -0.4 is 4.72 Å². The maximum atomic E-state index is 12.7. The maximum Gasteiger partial charge on any atom is 0.433 e. The molecular weight excluding hydrogens is 361 g/mol. The van der Waals surface area contributed by atoms with E-state index in [4.69, 9.17) is 0 Å². The van der Waals surface area contributed by atoms with Crippen LogP contribution in [0.15, 0.2) is 18.3 Å². The van der Waals surface area contributed by atoms with Gasteiger partial charge in [-0.15, -0.1) is 0 Å². The zero-order chi connectivity index (χ0) is 18.1. The summed E-state index contributed by atoms with van der Waals surface area (Å²) < 4.78 is 56.9. The second-order valence-corrected chi connectivity index (χ2v) is 8.89. The molecule has 0 amide bonds. The predicted octanol–water partition coefficient (Wildman–Crippen LogP) is 3.73. The van der Waals surface area contributed by atoms with Gasteiger partial charge in [0.05, 0.1) is 21.8 Å². The molecule has 24 heavy (non-hydrogen) atoms. The molecular formula is C14H17F3N4OS2. The molecule has 0 fully saturated rings. The van der Waals surface area contributed by atoms with Gasteiger partial charge in [-0.3, -0.25) is 4.98 Å². The lowest BCUT2D eigenvalue weighted by Gasteiger charge is -2.20. The lowest BCUT2D eigenvalue weighted by atomic mass is 10.2. The van der Waals surface area contributed by atoms with Crippen molar-refractivity contribution in [2.75, 3.05) is 0 Å².